The molecular formula is C4H11NO2. The second kappa shape index (κ2) is 2.26. The third kappa shape index (κ3) is 2.56. The maximum absolute atomic E-state index is 8.66. The van der Waals surface area contributed by atoms with E-state index in [4.69, 9.17) is 15.9 Å². The van der Waals surface area contributed by atoms with Crippen molar-refractivity contribution in [3.63, 3.8) is 0 Å². The Balaban J connectivity index is 3.36. The van der Waals surface area contributed by atoms with Crippen LogP contribution in [0.15, 0.2) is 0 Å². The largest absolute Gasteiger partial charge is 0.392 e. The van der Waals surface area contributed by atoms with Crippen molar-refractivity contribution in [2.75, 3.05) is 6.61 Å². The van der Waals surface area contributed by atoms with Crippen molar-refractivity contribution in [2.24, 2.45) is 5.73 Å². The van der Waals surface area contributed by atoms with Crippen LogP contribution in [0.3, 0.4) is 0 Å². The van der Waals surface area contributed by atoms with E-state index in [1.807, 2.05) is 0 Å². The van der Waals surface area contributed by atoms with Crippen molar-refractivity contribution in [1.29, 1.82) is 0 Å². The van der Waals surface area contributed by atoms with Crippen LogP contribution < -0.4 is 5.73 Å². The van der Waals surface area contributed by atoms with Gasteiger partial charge in [-0.15, -0.1) is 0 Å². The van der Waals surface area contributed by atoms with E-state index in [-0.39, 0.29) is 6.61 Å². The maximum atomic E-state index is 8.66. The summed E-state index contributed by atoms with van der Waals surface area (Å²) in [6, 6.07) is 0. The summed E-state index contributed by atoms with van der Waals surface area (Å²) in [6.07, 6.45) is 0.378. The van der Waals surface area contributed by atoms with E-state index >= 15 is 0 Å². The molecule has 0 aliphatic rings. The van der Waals surface area contributed by atoms with Gasteiger partial charge in [-0.05, 0) is 6.42 Å². The van der Waals surface area contributed by atoms with Gasteiger partial charge in [0, 0.05) is 0 Å². The van der Waals surface area contributed by atoms with Gasteiger partial charge >= 0.3 is 0 Å². The van der Waals surface area contributed by atoms with Crippen LogP contribution in [0.5, 0.6) is 0 Å². The predicted octanol–water partition coefficient (Wildman–Crippen LogP) is -0.964. The minimum Gasteiger partial charge on any atom is -0.392 e. The van der Waals surface area contributed by atoms with Gasteiger partial charge in [0.1, 0.15) is 5.72 Å². The monoisotopic (exact) mass is 105 g/mol. The lowest BCUT2D eigenvalue weighted by Crippen LogP contribution is -2.42. The van der Waals surface area contributed by atoms with Gasteiger partial charge < -0.3 is 15.9 Å². The summed E-state index contributed by atoms with van der Waals surface area (Å²) in [7, 11) is 0. The predicted molar refractivity (Wildman–Crippen MR) is 26.5 cm³/mol. The molecule has 0 aromatic rings. The van der Waals surface area contributed by atoms with Crippen LogP contribution in [-0.4, -0.2) is 22.5 Å². The van der Waals surface area contributed by atoms with E-state index in [0.717, 1.165) is 0 Å². The summed E-state index contributed by atoms with van der Waals surface area (Å²) >= 11 is 0. The smallest absolute Gasteiger partial charge is 0.136 e. The molecule has 0 amide bonds. The minimum absolute atomic E-state index is 0.372. The topological polar surface area (TPSA) is 66.5 Å². The van der Waals surface area contributed by atoms with Gasteiger partial charge in [-0.1, -0.05) is 6.92 Å². The summed E-state index contributed by atoms with van der Waals surface area (Å²) in [6.45, 7) is 1.33. The Bertz CT molecular complexity index is 47.7. The Hall–Kier alpha value is -0.120. The average molecular weight is 105 g/mol. The van der Waals surface area contributed by atoms with Crippen LogP contribution in [0.4, 0.5) is 0 Å². The fourth-order valence-electron chi connectivity index (χ4n) is 0.112. The molecule has 4 N–H and O–H groups in total. The van der Waals surface area contributed by atoms with Crippen molar-refractivity contribution < 1.29 is 10.2 Å². The summed E-state index contributed by atoms with van der Waals surface area (Å²) in [5, 5.41) is 16.9. The Morgan fingerprint density at radius 3 is 2.14 bits per heavy atom. The second-order valence-electron chi connectivity index (χ2n) is 1.62. The fraction of sp³-hybridized carbons (Fsp3) is 1.00. The maximum Gasteiger partial charge on any atom is 0.136 e. The molecule has 0 aliphatic carbocycles. The highest BCUT2D eigenvalue weighted by molar-refractivity contribution is 4.64. The van der Waals surface area contributed by atoms with Gasteiger partial charge in [0.15, 0.2) is 0 Å². The molecule has 1 atom stereocenters. The third-order valence-electron chi connectivity index (χ3n) is 0.886. The fourth-order valence-corrected chi connectivity index (χ4v) is 0.112. The summed E-state index contributed by atoms with van der Waals surface area (Å²) < 4.78 is 0. The lowest BCUT2D eigenvalue weighted by atomic mass is 10.2. The van der Waals surface area contributed by atoms with E-state index in [9.17, 15) is 0 Å². The molecule has 0 rings (SSSR count). The molecular weight excluding hydrogens is 94.0 g/mol. The number of hydrogen-bond acceptors (Lipinski definition) is 3. The van der Waals surface area contributed by atoms with Gasteiger partial charge in [-0.25, -0.2) is 0 Å². The number of aliphatic hydroxyl groups is 2. The van der Waals surface area contributed by atoms with Gasteiger partial charge in [0.05, 0.1) is 6.61 Å². The Labute approximate surface area is 42.8 Å². The summed E-state index contributed by atoms with van der Waals surface area (Å²) in [4.78, 5) is 0. The average Bonchev–Trinajstić information content (AvgIpc) is 1.68. The van der Waals surface area contributed by atoms with Crippen molar-refractivity contribution in [2.45, 2.75) is 19.1 Å². The molecule has 0 aromatic heterocycles. The van der Waals surface area contributed by atoms with E-state index in [2.05, 4.69) is 0 Å². The standard InChI is InChI=1S/C4H11NO2/c1-2-4(5,7)3-6/h6-7H,2-3,5H2,1H3. The number of hydrogen-bond donors (Lipinski definition) is 3. The molecule has 44 valence electrons. The van der Waals surface area contributed by atoms with Crippen molar-refractivity contribution in [3.05, 3.63) is 0 Å². The number of rotatable bonds is 2. The van der Waals surface area contributed by atoms with E-state index in [0.29, 0.717) is 6.42 Å². The molecule has 0 aromatic carbocycles. The van der Waals surface area contributed by atoms with Crippen LogP contribution in [0.1, 0.15) is 13.3 Å². The Morgan fingerprint density at radius 1 is 1.71 bits per heavy atom. The van der Waals surface area contributed by atoms with Crippen LogP contribution in [-0.2, 0) is 0 Å². The first kappa shape index (κ1) is 6.88. The third-order valence-corrected chi connectivity index (χ3v) is 0.886. The van der Waals surface area contributed by atoms with Crippen LogP contribution in [0.25, 0.3) is 0 Å². The van der Waals surface area contributed by atoms with Crippen LogP contribution in [0, 0.1) is 0 Å². The summed E-state index contributed by atoms with van der Waals surface area (Å²) in [5.41, 5.74) is 3.66. The number of aliphatic hydroxyl groups excluding tert-OH is 1. The molecule has 0 saturated heterocycles. The lowest BCUT2D eigenvalue weighted by Gasteiger charge is -2.16. The first-order valence-electron chi connectivity index (χ1n) is 2.24. The van der Waals surface area contributed by atoms with E-state index in [1.165, 1.54) is 0 Å². The molecule has 0 bridgehead atoms. The van der Waals surface area contributed by atoms with Crippen LogP contribution in [0.2, 0.25) is 0 Å². The van der Waals surface area contributed by atoms with Crippen molar-refractivity contribution in [3.8, 4) is 0 Å². The highest BCUT2D eigenvalue weighted by Crippen LogP contribution is 1.96. The van der Waals surface area contributed by atoms with Crippen molar-refractivity contribution in [1.82, 2.24) is 0 Å². The normalized spacial score (nSPS) is 18.9. The van der Waals surface area contributed by atoms with Crippen LogP contribution >= 0.6 is 0 Å². The molecule has 3 heteroatoms. The van der Waals surface area contributed by atoms with Crippen molar-refractivity contribution >= 4 is 0 Å². The quantitative estimate of drug-likeness (QED) is 0.396. The molecule has 0 aliphatic heterocycles. The highest BCUT2D eigenvalue weighted by Gasteiger charge is 2.14. The SMILES string of the molecule is CCC(N)(O)CO. The molecule has 0 heterocycles. The zero-order valence-corrected chi connectivity index (χ0v) is 4.39. The molecule has 0 fully saturated rings. The first-order chi connectivity index (χ1) is 3.12. The molecule has 0 saturated carbocycles. The van der Waals surface area contributed by atoms with Gasteiger partial charge in [-0.3, -0.25) is 0 Å². The van der Waals surface area contributed by atoms with E-state index in [1.54, 1.807) is 6.92 Å². The van der Waals surface area contributed by atoms with Gasteiger partial charge in [0.2, 0.25) is 0 Å². The molecule has 3 nitrogen and oxygen atoms in total. The minimum atomic E-state index is -1.36. The molecule has 0 radical (unpaired) electrons. The number of nitrogens with two attached hydrogens (primary N) is 1. The van der Waals surface area contributed by atoms with Gasteiger partial charge in [-0.2, -0.15) is 0 Å². The Morgan fingerprint density at radius 2 is 2.14 bits per heavy atom. The summed E-state index contributed by atoms with van der Waals surface area (Å²) in [5.74, 6) is 0. The van der Waals surface area contributed by atoms with E-state index < -0.39 is 5.72 Å². The zero-order valence-electron chi connectivity index (χ0n) is 4.39. The molecule has 0 spiro atoms. The first-order valence-corrected chi connectivity index (χ1v) is 2.24. The van der Waals surface area contributed by atoms with Gasteiger partial charge in [0.25, 0.3) is 0 Å². The highest BCUT2D eigenvalue weighted by atomic mass is 16.3. The zero-order chi connectivity index (χ0) is 5.91. The molecule has 7 heavy (non-hydrogen) atoms. The Kier molecular flexibility index (Phi) is 2.22. The lowest BCUT2D eigenvalue weighted by molar-refractivity contribution is -0.0119. The second-order valence-corrected chi connectivity index (χ2v) is 1.62. The molecule has 1 unspecified atom stereocenters.